The van der Waals surface area contributed by atoms with E-state index < -0.39 is 0 Å². The molecule has 1 aromatic rings. The Hall–Kier alpha value is -1.55. The molecule has 0 aromatic heterocycles. The molecule has 0 bridgehead atoms. The number of aliphatic hydroxyl groups is 1. The van der Waals surface area contributed by atoms with Crippen LogP contribution in [0.5, 0.6) is 5.75 Å². The average Bonchev–Trinajstić information content (AvgIpc) is 3.16. The smallest absolute Gasteiger partial charge is 0.219 e. The molecule has 4 nitrogen and oxygen atoms in total. The number of aliphatic hydroxyl groups excluding tert-OH is 1. The molecule has 1 aromatic carbocycles. The van der Waals surface area contributed by atoms with Crippen molar-refractivity contribution in [3.8, 4) is 5.75 Å². The van der Waals surface area contributed by atoms with Gasteiger partial charge in [-0.2, -0.15) is 0 Å². The van der Waals surface area contributed by atoms with E-state index in [-0.39, 0.29) is 17.4 Å². The minimum atomic E-state index is -0.125. The third kappa shape index (κ3) is 6.11. The molecule has 0 spiro atoms. The molecule has 1 amide bonds. The molecule has 6 atom stereocenters. The first-order chi connectivity index (χ1) is 17.3. The van der Waals surface area contributed by atoms with Crippen LogP contribution < -0.4 is 0 Å². The molecular formula is C32H51NO3. The fraction of sp³-hybridized carbons (Fsp3) is 0.781. The molecule has 36 heavy (non-hydrogen) atoms. The van der Waals surface area contributed by atoms with Crippen LogP contribution in [0.3, 0.4) is 0 Å². The largest absolute Gasteiger partial charge is 0.508 e. The summed E-state index contributed by atoms with van der Waals surface area (Å²) in [4.78, 5) is 13.1. The molecule has 2 fully saturated rings. The van der Waals surface area contributed by atoms with E-state index in [1.54, 1.807) is 6.92 Å². The Morgan fingerprint density at radius 1 is 1.00 bits per heavy atom. The highest BCUT2D eigenvalue weighted by molar-refractivity contribution is 5.72. The number of fused-ring (bicyclic) bond motifs is 5. The fourth-order valence-corrected chi connectivity index (χ4v) is 8.18. The normalized spacial score (nSPS) is 30.9. The van der Waals surface area contributed by atoms with Crippen molar-refractivity contribution in [2.75, 3.05) is 13.6 Å². The molecule has 202 valence electrons. The number of benzene rings is 1. The lowest BCUT2D eigenvalue weighted by Gasteiger charge is -2.53. The molecule has 0 aliphatic heterocycles. The Morgan fingerprint density at radius 2 is 1.67 bits per heavy atom. The predicted molar refractivity (Wildman–Crippen MR) is 147 cm³/mol. The Balaban J connectivity index is 1.22. The van der Waals surface area contributed by atoms with Gasteiger partial charge < -0.3 is 15.1 Å². The first-order valence-electron chi connectivity index (χ1n) is 15.0. The summed E-state index contributed by atoms with van der Waals surface area (Å²) >= 11 is 0. The lowest BCUT2D eigenvalue weighted by molar-refractivity contribution is -0.127. The SMILES string of the molecule is CC(=O)N(C)CCCCCCCCCCC[C@@H]1Cc2cc(O)ccc2[C@H]2CC[C@]3(C)[C@@H](O)CC[C@H]3[C@H]12. The highest BCUT2D eigenvalue weighted by Gasteiger charge is 2.56. The summed E-state index contributed by atoms with van der Waals surface area (Å²) in [7, 11) is 1.89. The van der Waals surface area contributed by atoms with Crippen LogP contribution >= 0.6 is 0 Å². The van der Waals surface area contributed by atoms with Gasteiger partial charge in [-0.05, 0) is 97.3 Å². The lowest BCUT2D eigenvalue weighted by atomic mass is 9.52. The van der Waals surface area contributed by atoms with E-state index in [1.807, 2.05) is 24.1 Å². The zero-order valence-electron chi connectivity index (χ0n) is 23.2. The monoisotopic (exact) mass is 497 g/mol. The maximum atomic E-state index is 11.3. The Bertz CT molecular complexity index is 869. The Labute approximate surface area is 219 Å². The van der Waals surface area contributed by atoms with Crippen LogP contribution in [-0.2, 0) is 11.2 Å². The van der Waals surface area contributed by atoms with Crippen LogP contribution in [0, 0.1) is 23.2 Å². The lowest BCUT2D eigenvalue weighted by Crippen LogP contribution is -2.47. The van der Waals surface area contributed by atoms with Crippen molar-refractivity contribution in [3.05, 3.63) is 29.3 Å². The van der Waals surface area contributed by atoms with Crippen molar-refractivity contribution in [1.82, 2.24) is 4.90 Å². The van der Waals surface area contributed by atoms with Crippen molar-refractivity contribution in [3.63, 3.8) is 0 Å². The summed E-state index contributed by atoms with van der Waals surface area (Å²) in [5.74, 6) is 3.21. The summed E-state index contributed by atoms with van der Waals surface area (Å²) in [5.41, 5.74) is 2.98. The fourth-order valence-electron chi connectivity index (χ4n) is 8.18. The number of rotatable bonds is 12. The van der Waals surface area contributed by atoms with Crippen LogP contribution in [0.2, 0.25) is 0 Å². The minimum absolute atomic E-state index is 0.106. The number of hydrogen-bond acceptors (Lipinski definition) is 3. The van der Waals surface area contributed by atoms with Gasteiger partial charge >= 0.3 is 0 Å². The molecule has 3 aliphatic rings. The standard InChI is InChI=1S/C32H51NO3/c1-23(34)33(3)20-12-10-8-6-4-5-7-9-11-13-24-21-25-22-26(35)14-15-27(25)28-18-19-32(2)29(31(24)28)16-17-30(32)36/h14-15,22,24,28-31,35-36H,4-13,16-21H2,1-3H3/t24-,28-,29+,30+,31-,32+/m1/s1. The first kappa shape index (κ1) is 27.5. The third-order valence-corrected chi connectivity index (χ3v) is 10.4. The van der Waals surface area contributed by atoms with Crippen LogP contribution in [-0.4, -0.2) is 40.7 Å². The van der Waals surface area contributed by atoms with Gasteiger partial charge in [-0.25, -0.2) is 0 Å². The molecule has 4 rings (SSSR count). The van der Waals surface area contributed by atoms with Gasteiger partial charge in [0.25, 0.3) is 0 Å². The molecule has 2 saturated carbocycles. The zero-order valence-corrected chi connectivity index (χ0v) is 23.2. The van der Waals surface area contributed by atoms with Crippen molar-refractivity contribution >= 4 is 5.91 Å². The third-order valence-electron chi connectivity index (χ3n) is 10.4. The van der Waals surface area contributed by atoms with Crippen LogP contribution in [0.4, 0.5) is 0 Å². The number of unbranched alkanes of at least 4 members (excludes halogenated alkanes) is 8. The van der Waals surface area contributed by atoms with Gasteiger partial charge in [0.1, 0.15) is 5.75 Å². The van der Waals surface area contributed by atoms with E-state index in [4.69, 9.17) is 0 Å². The van der Waals surface area contributed by atoms with Gasteiger partial charge in [0.05, 0.1) is 6.10 Å². The second-order valence-electron chi connectivity index (χ2n) is 12.7. The average molecular weight is 498 g/mol. The van der Waals surface area contributed by atoms with Gasteiger partial charge in [0, 0.05) is 20.5 Å². The predicted octanol–water partition coefficient (Wildman–Crippen LogP) is 7.21. The van der Waals surface area contributed by atoms with Crippen LogP contribution in [0.1, 0.15) is 121 Å². The summed E-state index contributed by atoms with van der Waals surface area (Å²) in [5, 5.41) is 21.0. The van der Waals surface area contributed by atoms with Crippen molar-refractivity contribution in [2.45, 2.75) is 122 Å². The summed E-state index contributed by atoms with van der Waals surface area (Å²) in [6.07, 6.45) is 18.4. The summed E-state index contributed by atoms with van der Waals surface area (Å²) in [6.45, 7) is 4.90. The van der Waals surface area contributed by atoms with E-state index in [0.29, 0.717) is 29.4 Å². The molecule has 0 saturated heterocycles. The Kier molecular flexibility index (Phi) is 9.41. The van der Waals surface area contributed by atoms with Gasteiger partial charge in [0.15, 0.2) is 0 Å². The first-order valence-corrected chi connectivity index (χ1v) is 15.0. The molecule has 0 heterocycles. The van der Waals surface area contributed by atoms with Crippen molar-refractivity contribution < 1.29 is 15.0 Å². The number of hydrogen-bond donors (Lipinski definition) is 2. The molecule has 3 aliphatic carbocycles. The maximum Gasteiger partial charge on any atom is 0.219 e. The quantitative estimate of drug-likeness (QED) is 0.300. The van der Waals surface area contributed by atoms with Gasteiger partial charge in [-0.15, -0.1) is 0 Å². The highest BCUT2D eigenvalue weighted by atomic mass is 16.3. The second-order valence-corrected chi connectivity index (χ2v) is 12.7. The molecule has 0 radical (unpaired) electrons. The number of phenolic OH excluding ortho intramolecular Hbond substituents is 1. The molecule has 4 heteroatoms. The number of amides is 1. The summed E-state index contributed by atoms with van der Waals surface area (Å²) in [6, 6.07) is 6.13. The number of aromatic hydroxyl groups is 1. The van der Waals surface area contributed by atoms with Gasteiger partial charge in [-0.3, -0.25) is 4.79 Å². The van der Waals surface area contributed by atoms with Gasteiger partial charge in [0.2, 0.25) is 5.91 Å². The van der Waals surface area contributed by atoms with E-state index in [9.17, 15) is 15.0 Å². The zero-order chi connectivity index (χ0) is 25.7. The van der Waals surface area contributed by atoms with E-state index in [2.05, 4.69) is 13.0 Å². The van der Waals surface area contributed by atoms with Crippen molar-refractivity contribution in [1.29, 1.82) is 0 Å². The molecular weight excluding hydrogens is 446 g/mol. The number of phenols is 1. The van der Waals surface area contributed by atoms with E-state index in [1.165, 1.54) is 81.8 Å². The van der Waals surface area contributed by atoms with Gasteiger partial charge in [-0.1, -0.05) is 64.4 Å². The van der Waals surface area contributed by atoms with Crippen LogP contribution in [0.15, 0.2) is 18.2 Å². The minimum Gasteiger partial charge on any atom is -0.508 e. The van der Waals surface area contributed by atoms with E-state index in [0.717, 1.165) is 32.2 Å². The van der Waals surface area contributed by atoms with Crippen molar-refractivity contribution in [2.24, 2.45) is 23.2 Å². The number of carbonyl (C=O) groups excluding carboxylic acids is 1. The maximum absolute atomic E-state index is 11.3. The van der Waals surface area contributed by atoms with Crippen LogP contribution in [0.25, 0.3) is 0 Å². The highest BCUT2D eigenvalue weighted by Crippen LogP contribution is 2.62. The number of nitrogens with zero attached hydrogens (tertiary/aromatic N) is 1. The summed E-state index contributed by atoms with van der Waals surface area (Å²) < 4.78 is 0. The Morgan fingerprint density at radius 3 is 2.36 bits per heavy atom. The second kappa shape index (κ2) is 12.3. The topological polar surface area (TPSA) is 60.8 Å². The number of carbonyl (C=O) groups is 1. The molecule has 2 N–H and O–H groups in total. The molecule has 0 unspecified atom stereocenters. The van der Waals surface area contributed by atoms with E-state index >= 15 is 0 Å².